The van der Waals surface area contributed by atoms with Gasteiger partial charge in [-0.3, -0.25) is 4.79 Å². The summed E-state index contributed by atoms with van der Waals surface area (Å²) in [6.07, 6.45) is 0. The molecule has 0 amide bonds. The third-order valence-electron chi connectivity index (χ3n) is 1.95. The highest BCUT2D eigenvalue weighted by Gasteiger charge is 2.08. The molecule has 3 aromatic rings. The van der Waals surface area contributed by atoms with Crippen LogP contribution < -0.4 is 5.56 Å². The minimum absolute atomic E-state index is 0.232. The second kappa shape index (κ2) is 2.99. The summed E-state index contributed by atoms with van der Waals surface area (Å²) in [7, 11) is 0. The van der Waals surface area contributed by atoms with Gasteiger partial charge in [-0.2, -0.15) is 5.21 Å². The van der Waals surface area contributed by atoms with Gasteiger partial charge in [0.1, 0.15) is 0 Å². The van der Waals surface area contributed by atoms with Gasteiger partial charge in [-0.15, -0.1) is 21.5 Å². The lowest BCUT2D eigenvalue weighted by atomic mass is 10.4. The maximum Gasteiger partial charge on any atom is 0.281 e. The van der Waals surface area contributed by atoms with Gasteiger partial charge in [-0.25, -0.2) is 4.98 Å². The molecular weight excluding hydrogens is 214 g/mol. The molecule has 0 unspecified atom stereocenters. The molecule has 7 heteroatoms. The Bertz CT molecular complexity index is 653. The van der Waals surface area contributed by atoms with Crippen LogP contribution in [0.2, 0.25) is 0 Å². The van der Waals surface area contributed by atoms with E-state index in [9.17, 15) is 4.79 Å². The molecule has 0 aromatic carbocycles. The molecule has 6 nitrogen and oxygen atoms in total. The highest BCUT2D eigenvalue weighted by Crippen LogP contribution is 2.20. The van der Waals surface area contributed by atoms with E-state index < -0.39 is 0 Å². The molecule has 0 saturated heterocycles. The highest BCUT2D eigenvalue weighted by atomic mass is 32.1. The molecule has 0 radical (unpaired) electrons. The predicted molar refractivity (Wildman–Crippen MR) is 55.6 cm³/mol. The number of hydrogen-bond acceptors (Lipinski definition) is 5. The molecule has 0 aliphatic rings. The topological polar surface area (TPSA) is 87.3 Å². The first-order valence-electron chi connectivity index (χ1n) is 4.19. The van der Waals surface area contributed by atoms with E-state index in [-0.39, 0.29) is 11.1 Å². The fourth-order valence-electron chi connectivity index (χ4n) is 1.29. The summed E-state index contributed by atoms with van der Waals surface area (Å²) in [4.78, 5) is 19.3. The Hall–Kier alpha value is -2.02. The molecule has 0 aliphatic heterocycles. The molecule has 0 spiro atoms. The molecular formula is C8H5N5OS. The smallest absolute Gasteiger partial charge is 0.281 e. The average molecular weight is 219 g/mol. The maximum atomic E-state index is 11.5. The number of fused-ring (bicyclic) bond motifs is 1. The van der Waals surface area contributed by atoms with Crippen molar-refractivity contribution in [2.75, 3.05) is 0 Å². The quantitative estimate of drug-likeness (QED) is 0.632. The van der Waals surface area contributed by atoms with Crippen LogP contribution >= 0.6 is 11.3 Å². The zero-order valence-corrected chi connectivity index (χ0v) is 8.21. The van der Waals surface area contributed by atoms with E-state index in [1.807, 2.05) is 17.5 Å². The van der Waals surface area contributed by atoms with Gasteiger partial charge in [0.05, 0.1) is 4.88 Å². The summed E-state index contributed by atoms with van der Waals surface area (Å²) in [6, 6.07) is 3.78. The first-order valence-corrected chi connectivity index (χ1v) is 5.07. The van der Waals surface area contributed by atoms with E-state index in [1.165, 1.54) is 11.3 Å². The summed E-state index contributed by atoms with van der Waals surface area (Å²) in [6.45, 7) is 0. The lowest BCUT2D eigenvalue weighted by Gasteiger charge is -1.94. The van der Waals surface area contributed by atoms with Gasteiger partial charge in [-0.05, 0) is 11.4 Å². The SMILES string of the molecule is O=c1[nH]c(-c2cccs2)nc2n[nH]nc12. The van der Waals surface area contributed by atoms with Gasteiger partial charge < -0.3 is 4.98 Å². The van der Waals surface area contributed by atoms with Crippen molar-refractivity contribution in [3.8, 4) is 10.7 Å². The average Bonchev–Trinajstić information content (AvgIpc) is 2.88. The molecule has 74 valence electrons. The van der Waals surface area contributed by atoms with E-state index in [4.69, 9.17) is 0 Å². The molecule has 2 N–H and O–H groups in total. The molecule has 0 bridgehead atoms. The van der Waals surface area contributed by atoms with Crippen LogP contribution in [-0.2, 0) is 0 Å². The van der Waals surface area contributed by atoms with Gasteiger partial charge in [0, 0.05) is 0 Å². The van der Waals surface area contributed by atoms with Crippen molar-refractivity contribution in [2.24, 2.45) is 0 Å². The third-order valence-corrected chi connectivity index (χ3v) is 2.83. The van der Waals surface area contributed by atoms with Gasteiger partial charge in [-0.1, -0.05) is 6.07 Å². The molecule has 0 saturated carbocycles. The van der Waals surface area contributed by atoms with E-state index in [2.05, 4.69) is 25.4 Å². The van der Waals surface area contributed by atoms with Crippen LogP contribution in [0.4, 0.5) is 0 Å². The first kappa shape index (κ1) is 8.30. The van der Waals surface area contributed by atoms with Crippen molar-refractivity contribution in [2.45, 2.75) is 0 Å². The summed E-state index contributed by atoms with van der Waals surface area (Å²) in [5.41, 5.74) is 0.287. The lowest BCUT2D eigenvalue weighted by Crippen LogP contribution is -2.08. The van der Waals surface area contributed by atoms with Crippen molar-refractivity contribution in [3.05, 3.63) is 27.9 Å². The normalized spacial score (nSPS) is 10.9. The Morgan fingerprint density at radius 3 is 3.07 bits per heavy atom. The molecule has 15 heavy (non-hydrogen) atoms. The second-order valence-corrected chi connectivity index (χ2v) is 3.84. The summed E-state index contributed by atoms with van der Waals surface area (Å²) < 4.78 is 0. The standard InChI is InChI=1S/C8H5N5OS/c14-8-5-7(12-13-11-5)9-6(10-8)4-2-1-3-15-4/h1-3H,(H2,9,10,11,12,13,14). The van der Waals surface area contributed by atoms with Crippen LogP contribution in [0.3, 0.4) is 0 Å². The number of hydrogen-bond donors (Lipinski definition) is 2. The van der Waals surface area contributed by atoms with E-state index in [0.29, 0.717) is 11.5 Å². The Morgan fingerprint density at radius 2 is 2.27 bits per heavy atom. The number of aromatic amines is 2. The first-order chi connectivity index (χ1) is 7.34. The molecule has 3 heterocycles. The zero-order valence-electron chi connectivity index (χ0n) is 7.39. The Balaban J connectivity index is 2.34. The Kier molecular flexibility index (Phi) is 1.65. The highest BCUT2D eigenvalue weighted by molar-refractivity contribution is 7.13. The van der Waals surface area contributed by atoms with Crippen molar-refractivity contribution in [1.82, 2.24) is 25.4 Å². The van der Waals surface area contributed by atoms with Crippen LogP contribution in [0.5, 0.6) is 0 Å². The number of aromatic nitrogens is 5. The molecule has 3 rings (SSSR count). The fraction of sp³-hybridized carbons (Fsp3) is 0. The number of rotatable bonds is 1. The predicted octanol–water partition coefficient (Wildman–Crippen LogP) is 0.770. The summed E-state index contributed by atoms with van der Waals surface area (Å²) >= 11 is 1.50. The van der Waals surface area contributed by atoms with Crippen molar-refractivity contribution >= 4 is 22.5 Å². The van der Waals surface area contributed by atoms with Crippen LogP contribution in [0.25, 0.3) is 21.9 Å². The van der Waals surface area contributed by atoms with Crippen LogP contribution in [0.15, 0.2) is 22.3 Å². The van der Waals surface area contributed by atoms with Gasteiger partial charge in [0.2, 0.25) is 5.65 Å². The Labute approximate surface area is 87.0 Å². The number of nitrogens with one attached hydrogen (secondary N) is 2. The lowest BCUT2D eigenvalue weighted by molar-refractivity contribution is 0.954. The minimum Gasteiger partial charge on any atom is -0.304 e. The van der Waals surface area contributed by atoms with Crippen LogP contribution in [0, 0.1) is 0 Å². The van der Waals surface area contributed by atoms with E-state index in [1.54, 1.807) is 0 Å². The van der Waals surface area contributed by atoms with E-state index >= 15 is 0 Å². The van der Waals surface area contributed by atoms with Gasteiger partial charge in [0.15, 0.2) is 11.3 Å². The van der Waals surface area contributed by atoms with Crippen molar-refractivity contribution in [3.63, 3.8) is 0 Å². The number of H-pyrrole nitrogens is 2. The molecule has 3 aromatic heterocycles. The monoisotopic (exact) mass is 219 g/mol. The largest absolute Gasteiger partial charge is 0.304 e. The summed E-state index contributed by atoms with van der Waals surface area (Å²) in [5.74, 6) is 0.524. The number of nitrogens with zero attached hydrogens (tertiary/aromatic N) is 3. The van der Waals surface area contributed by atoms with Gasteiger partial charge >= 0.3 is 0 Å². The van der Waals surface area contributed by atoms with Crippen LogP contribution in [-0.4, -0.2) is 25.4 Å². The van der Waals surface area contributed by atoms with Crippen LogP contribution in [0.1, 0.15) is 0 Å². The zero-order chi connectivity index (χ0) is 10.3. The minimum atomic E-state index is -0.280. The molecule has 0 aliphatic carbocycles. The second-order valence-electron chi connectivity index (χ2n) is 2.89. The maximum absolute atomic E-state index is 11.5. The molecule has 0 fully saturated rings. The Morgan fingerprint density at radius 1 is 1.33 bits per heavy atom. The molecule has 0 atom stereocenters. The van der Waals surface area contributed by atoms with Gasteiger partial charge in [0.25, 0.3) is 5.56 Å². The third kappa shape index (κ3) is 1.24. The number of thiophene rings is 1. The van der Waals surface area contributed by atoms with Crippen molar-refractivity contribution < 1.29 is 0 Å². The summed E-state index contributed by atoms with van der Waals surface area (Å²) in [5, 5.41) is 11.8. The fourth-order valence-corrected chi connectivity index (χ4v) is 1.96. The van der Waals surface area contributed by atoms with Crippen molar-refractivity contribution in [1.29, 1.82) is 0 Å². The van der Waals surface area contributed by atoms with E-state index in [0.717, 1.165) is 4.88 Å².